The molecule has 2 aromatic rings. The number of rotatable bonds is 2. The molecule has 0 unspecified atom stereocenters. The third-order valence-corrected chi connectivity index (χ3v) is 3.91. The molecule has 1 aliphatic rings. The van der Waals surface area contributed by atoms with Crippen molar-refractivity contribution in [2.75, 3.05) is 11.2 Å². The van der Waals surface area contributed by atoms with Crippen LogP contribution in [-0.2, 0) is 0 Å². The molecule has 2 aromatic carbocycles. The van der Waals surface area contributed by atoms with Gasteiger partial charge in [0.25, 0.3) is 0 Å². The van der Waals surface area contributed by atoms with E-state index in [9.17, 15) is 0 Å². The number of benzene rings is 2. The Hall–Kier alpha value is -1.94. The third kappa shape index (κ3) is 3.09. The van der Waals surface area contributed by atoms with Crippen molar-refractivity contribution in [2.45, 2.75) is 11.3 Å². The molecule has 0 fully saturated rings. The first kappa shape index (κ1) is 12.1. The Bertz CT molecular complexity index is 581. The minimum Gasteiger partial charge on any atom is -0.300 e. The van der Waals surface area contributed by atoms with Crippen molar-refractivity contribution in [3.8, 4) is 0 Å². The fourth-order valence-corrected chi connectivity index (χ4v) is 2.84. The van der Waals surface area contributed by atoms with E-state index in [4.69, 9.17) is 0 Å². The number of aliphatic imine (C=N–C) groups is 1. The zero-order valence-corrected chi connectivity index (χ0v) is 11.3. The SMILES string of the molecule is c1ccc(NNC2=Nc3ccccc3SCC2)cc1. The molecule has 1 heterocycles. The van der Waals surface area contributed by atoms with Crippen LogP contribution in [0.5, 0.6) is 0 Å². The molecule has 0 saturated heterocycles. The maximum Gasteiger partial charge on any atom is 0.121 e. The Morgan fingerprint density at radius 1 is 0.895 bits per heavy atom. The summed E-state index contributed by atoms with van der Waals surface area (Å²) < 4.78 is 0. The van der Waals surface area contributed by atoms with Crippen LogP contribution in [0.25, 0.3) is 0 Å². The van der Waals surface area contributed by atoms with Gasteiger partial charge in [-0.1, -0.05) is 30.3 Å². The predicted octanol–water partition coefficient (Wildman–Crippen LogP) is 3.83. The lowest BCUT2D eigenvalue weighted by Gasteiger charge is -2.10. The summed E-state index contributed by atoms with van der Waals surface area (Å²) in [6, 6.07) is 18.3. The van der Waals surface area contributed by atoms with Crippen molar-refractivity contribution in [2.24, 2.45) is 4.99 Å². The van der Waals surface area contributed by atoms with Crippen molar-refractivity contribution in [3.05, 3.63) is 54.6 Å². The summed E-state index contributed by atoms with van der Waals surface area (Å²) in [6.45, 7) is 0. The lowest BCUT2D eigenvalue weighted by atomic mass is 10.3. The molecular weight excluding hydrogens is 254 g/mol. The molecule has 0 spiro atoms. The number of hydrazine groups is 1. The molecular formula is C15H15N3S. The first-order chi connectivity index (χ1) is 9.42. The second-order valence-corrected chi connectivity index (χ2v) is 5.38. The zero-order valence-electron chi connectivity index (χ0n) is 10.5. The van der Waals surface area contributed by atoms with Gasteiger partial charge in [-0.25, -0.2) is 4.99 Å². The number of thioether (sulfide) groups is 1. The lowest BCUT2D eigenvalue weighted by Crippen LogP contribution is -2.29. The topological polar surface area (TPSA) is 36.4 Å². The van der Waals surface area contributed by atoms with E-state index in [1.165, 1.54) is 4.90 Å². The van der Waals surface area contributed by atoms with Gasteiger partial charge in [-0.3, -0.25) is 10.9 Å². The highest BCUT2D eigenvalue weighted by Gasteiger charge is 2.09. The van der Waals surface area contributed by atoms with Crippen molar-refractivity contribution in [1.29, 1.82) is 0 Å². The van der Waals surface area contributed by atoms with Crippen molar-refractivity contribution >= 4 is 29.0 Å². The minimum atomic E-state index is 0.930. The molecule has 3 rings (SSSR count). The van der Waals surface area contributed by atoms with Crippen molar-refractivity contribution in [3.63, 3.8) is 0 Å². The van der Waals surface area contributed by atoms with Crippen LogP contribution < -0.4 is 10.9 Å². The maximum absolute atomic E-state index is 4.68. The number of anilines is 1. The maximum atomic E-state index is 4.68. The Morgan fingerprint density at radius 3 is 2.58 bits per heavy atom. The van der Waals surface area contributed by atoms with Gasteiger partial charge in [-0.2, -0.15) is 0 Å². The van der Waals surface area contributed by atoms with E-state index in [0.29, 0.717) is 0 Å². The minimum absolute atomic E-state index is 0.930. The summed E-state index contributed by atoms with van der Waals surface area (Å²) in [5, 5.41) is 0. The average molecular weight is 269 g/mol. The summed E-state index contributed by atoms with van der Waals surface area (Å²) >= 11 is 1.85. The Balaban J connectivity index is 1.73. The highest BCUT2D eigenvalue weighted by atomic mass is 32.2. The lowest BCUT2D eigenvalue weighted by molar-refractivity contribution is 1.06. The first-order valence-electron chi connectivity index (χ1n) is 6.28. The van der Waals surface area contributed by atoms with Crippen LogP contribution in [0.2, 0.25) is 0 Å². The monoisotopic (exact) mass is 269 g/mol. The molecule has 0 aromatic heterocycles. The Kier molecular flexibility index (Phi) is 3.70. The van der Waals surface area contributed by atoms with Crippen LogP contribution in [0.1, 0.15) is 6.42 Å². The molecule has 0 amide bonds. The third-order valence-electron chi connectivity index (χ3n) is 2.84. The van der Waals surface area contributed by atoms with E-state index in [-0.39, 0.29) is 0 Å². The van der Waals surface area contributed by atoms with Gasteiger partial charge >= 0.3 is 0 Å². The number of nitrogens with zero attached hydrogens (tertiary/aromatic N) is 1. The largest absolute Gasteiger partial charge is 0.300 e. The summed E-state index contributed by atoms with van der Waals surface area (Å²) in [5.74, 6) is 2.01. The van der Waals surface area contributed by atoms with Gasteiger partial charge in [0.05, 0.1) is 11.4 Å². The molecule has 0 saturated carbocycles. The van der Waals surface area contributed by atoms with E-state index >= 15 is 0 Å². The quantitative estimate of drug-likeness (QED) is 0.813. The van der Waals surface area contributed by atoms with Crippen LogP contribution >= 0.6 is 11.8 Å². The van der Waals surface area contributed by atoms with Crippen LogP contribution in [-0.4, -0.2) is 11.6 Å². The summed E-state index contributed by atoms with van der Waals surface area (Å²) in [4.78, 5) is 5.93. The second-order valence-electron chi connectivity index (χ2n) is 4.24. The molecule has 3 nitrogen and oxygen atoms in total. The number of para-hydroxylation sites is 2. The molecule has 2 N–H and O–H groups in total. The fraction of sp³-hybridized carbons (Fsp3) is 0.133. The number of nitrogens with one attached hydrogen (secondary N) is 2. The highest BCUT2D eigenvalue weighted by Crippen LogP contribution is 2.32. The molecule has 0 radical (unpaired) electrons. The summed E-state index contributed by atoms with van der Waals surface area (Å²) in [6.07, 6.45) is 0.930. The Labute approximate surface area is 117 Å². The average Bonchev–Trinajstić information content (AvgIpc) is 2.68. The van der Waals surface area contributed by atoms with E-state index in [1.807, 2.05) is 48.2 Å². The number of amidine groups is 1. The summed E-state index contributed by atoms with van der Waals surface area (Å²) in [5.41, 5.74) is 8.47. The van der Waals surface area contributed by atoms with Gasteiger partial charge in [0.15, 0.2) is 0 Å². The summed E-state index contributed by atoms with van der Waals surface area (Å²) in [7, 11) is 0. The zero-order chi connectivity index (χ0) is 12.9. The molecule has 0 aliphatic carbocycles. The van der Waals surface area contributed by atoms with E-state index in [0.717, 1.165) is 29.4 Å². The normalized spacial score (nSPS) is 14.0. The Morgan fingerprint density at radius 2 is 1.68 bits per heavy atom. The molecule has 1 aliphatic heterocycles. The van der Waals surface area contributed by atoms with E-state index < -0.39 is 0 Å². The van der Waals surface area contributed by atoms with Gasteiger partial charge in [0.1, 0.15) is 5.84 Å². The van der Waals surface area contributed by atoms with E-state index in [1.54, 1.807) is 0 Å². The molecule has 4 heteroatoms. The van der Waals surface area contributed by atoms with Crippen molar-refractivity contribution < 1.29 is 0 Å². The molecule has 0 bridgehead atoms. The van der Waals surface area contributed by atoms with Gasteiger partial charge in [0.2, 0.25) is 0 Å². The molecule has 96 valence electrons. The van der Waals surface area contributed by atoms with Crippen molar-refractivity contribution in [1.82, 2.24) is 5.43 Å². The van der Waals surface area contributed by atoms with Gasteiger partial charge in [0, 0.05) is 17.1 Å². The highest BCUT2D eigenvalue weighted by molar-refractivity contribution is 7.99. The second kappa shape index (κ2) is 5.80. The van der Waals surface area contributed by atoms with Gasteiger partial charge in [-0.15, -0.1) is 11.8 Å². The van der Waals surface area contributed by atoms with Crippen LogP contribution in [0.4, 0.5) is 11.4 Å². The first-order valence-corrected chi connectivity index (χ1v) is 7.27. The number of hydrogen-bond acceptors (Lipinski definition) is 4. The van der Waals surface area contributed by atoms with Crippen LogP contribution in [0, 0.1) is 0 Å². The molecule has 19 heavy (non-hydrogen) atoms. The number of fused-ring (bicyclic) bond motifs is 1. The van der Waals surface area contributed by atoms with Gasteiger partial charge in [-0.05, 0) is 24.3 Å². The molecule has 0 atom stereocenters. The van der Waals surface area contributed by atoms with Crippen LogP contribution in [0.15, 0.2) is 64.5 Å². The number of hydrogen-bond donors (Lipinski definition) is 2. The van der Waals surface area contributed by atoms with E-state index in [2.05, 4.69) is 34.0 Å². The fourth-order valence-electron chi connectivity index (χ4n) is 1.89. The predicted molar refractivity (Wildman–Crippen MR) is 82.1 cm³/mol. The smallest absolute Gasteiger partial charge is 0.121 e. The van der Waals surface area contributed by atoms with Crippen LogP contribution in [0.3, 0.4) is 0 Å². The standard InChI is InChI=1S/C15H15N3S/c1-2-6-12(7-3-1)17-18-15-10-11-19-14-9-5-4-8-13(14)16-15/h1-9,17H,10-11H2,(H,16,18). The van der Waals surface area contributed by atoms with Gasteiger partial charge < -0.3 is 0 Å².